The molecule has 0 bridgehead atoms. The fraction of sp³-hybridized carbons (Fsp3) is 0.154. The van der Waals surface area contributed by atoms with Crippen LogP contribution < -0.4 is 37.2 Å². The van der Waals surface area contributed by atoms with E-state index in [1.165, 1.54) is 11.1 Å². The number of nitrogens with zero attached hydrogens (tertiary/aromatic N) is 2. The van der Waals surface area contributed by atoms with E-state index in [0.717, 1.165) is 46.5 Å². The van der Waals surface area contributed by atoms with Crippen molar-refractivity contribution in [2.75, 3.05) is 0 Å². The minimum Gasteiger partial charge on any atom is -1.00 e. The number of hydrogen-bond acceptors (Lipinski definition) is 4. The van der Waals surface area contributed by atoms with Crippen molar-refractivity contribution in [2.24, 2.45) is 0 Å². The Kier molecular flexibility index (Phi) is 13.3. The standard InChI is InChI=1S/C26H24N2O2.3ClH.Mn/c1-3-17-5-11-25(29)21(13-17)19-7-9-23(27-15-19)24-10-8-20(16-28-24)22-14-18(4-2)6-12-26(22)30;;;;/h5-16,29-30H,3-4H2,1-2H3;3*1H;/q;;;;+3/p-3. The summed E-state index contributed by atoms with van der Waals surface area (Å²) in [4.78, 5) is 9.09. The summed E-state index contributed by atoms with van der Waals surface area (Å²) in [6.45, 7) is 4.18. The summed E-state index contributed by atoms with van der Waals surface area (Å²) in [7, 11) is 0. The average molecular weight is 558 g/mol. The van der Waals surface area contributed by atoms with Crippen molar-refractivity contribution in [3.8, 4) is 45.1 Å². The van der Waals surface area contributed by atoms with Gasteiger partial charge < -0.3 is 47.4 Å². The third-order valence-electron chi connectivity index (χ3n) is 5.35. The van der Waals surface area contributed by atoms with Crippen LogP contribution >= 0.6 is 0 Å². The van der Waals surface area contributed by atoms with E-state index in [2.05, 4.69) is 23.8 Å². The number of rotatable bonds is 5. The van der Waals surface area contributed by atoms with Gasteiger partial charge in [0.15, 0.2) is 0 Å². The van der Waals surface area contributed by atoms with E-state index in [0.29, 0.717) is 0 Å². The molecule has 0 radical (unpaired) electrons. The smallest absolute Gasteiger partial charge is 1.00 e. The zero-order valence-electron chi connectivity index (χ0n) is 18.6. The Balaban J connectivity index is 0.00000272. The van der Waals surface area contributed by atoms with E-state index in [1.54, 1.807) is 24.5 Å². The number of phenols is 2. The zero-order chi connectivity index (χ0) is 21.1. The fourth-order valence-corrected chi connectivity index (χ4v) is 3.48. The Morgan fingerprint density at radius 2 is 0.971 bits per heavy atom. The Labute approximate surface area is 229 Å². The third kappa shape index (κ3) is 6.88. The number of benzene rings is 2. The topological polar surface area (TPSA) is 66.2 Å². The number of halogens is 3. The molecule has 0 aliphatic carbocycles. The normalized spacial score (nSPS) is 9.59. The van der Waals surface area contributed by atoms with E-state index >= 15 is 0 Å². The summed E-state index contributed by atoms with van der Waals surface area (Å²) >= 11 is 0. The van der Waals surface area contributed by atoms with Crippen LogP contribution in [0.1, 0.15) is 25.0 Å². The van der Waals surface area contributed by atoms with Crippen molar-refractivity contribution in [3.63, 3.8) is 0 Å². The number of hydrogen-bond donors (Lipinski definition) is 2. The Bertz CT molecular complexity index is 1090. The molecule has 4 aromatic rings. The first-order chi connectivity index (χ1) is 14.6. The SMILES string of the molecule is CCc1ccc(O)c(-c2ccc(-c3ccc(-c4cc(CC)ccc4O)cn3)nc2)c1.[Cl-].[Cl-].[Cl-].[Mn+3]. The van der Waals surface area contributed by atoms with Gasteiger partial charge in [-0.05, 0) is 60.4 Å². The average Bonchev–Trinajstić information content (AvgIpc) is 2.80. The van der Waals surface area contributed by atoms with Crippen molar-refractivity contribution in [2.45, 2.75) is 26.7 Å². The van der Waals surface area contributed by atoms with Gasteiger partial charge in [-0.2, -0.15) is 0 Å². The minimum absolute atomic E-state index is 0. The van der Waals surface area contributed by atoms with E-state index in [-0.39, 0.29) is 65.8 Å². The van der Waals surface area contributed by atoms with Gasteiger partial charge in [0.2, 0.25) is 0 Å². The van der Waals surface area contributed by atoms with Crippen LogP contribution in [-0.4, -0.2) is 20.2 Å². The fourth-order valence-electron chi connectivity index (χ4n) is 3.48. The van der Waals surface area contributed by atoms with Crippen LogP contribution in [0.15, 0.2) is 73.1 Å². The van der Waals surface area contributed by atoms with Gasteiger partial charge >= 0.3 is 17.1 Å². The van der Waals surface area contributed by atoms with Gasteiger partial charge in [0.25, 0.3) is 0 Å². The third-order valence-corrected chi connectivity index (χ3v) is 5.35. The van der Waals surface area contributed by atoms with Crippen LogP contribution in [0.5, 0.6) is 11.5 Å². The molecular formula is C26H24Cl3MnN2O2. The van der Waals surface area contributed by atoms with Gasteiger partial charge in [-0.1, -0.05) is 38.1 Å². The number of aromatic hydroxyl groups is 2. The molecule has 0 unspecified atom stereocenters. The van der Waals surface area contributed by atoms with Crippen molar-refractivity contribution in [1.82, 2.24) is 9.97 Å². The van der Waals surface area contributed by atoms with Crippen LogP contribution in [0.4, 0.5) is 0 Å². The van der Waals surface area contributed by atoms with Crippen LogP contribution in [-0.2, 0) is 29.9 Å². The zero-order valence-corrected chi connectivity index (χ0v) is 22.1. The summed E-state index contributed by atoms with van der Waals surface area (Å²) in [6, 6.07) is 19.0. The first kappa shape index (κ1) is 31.7. The van der Waals surface area contributed by atoms with Crippen molar-refractivity contribution in [1.29, 1.82) is 0 Å². The molecule has 2 N–H and O–H groups in total. The molecular weight excluding hydrogens is 534 g/mol. The van der Waals surface area contributed by atoms with Crippen molar-refractivity contribution < 1.29 is 64.5 Å². The second kappa shape index (κ2) is 14.2. The Hall–Kier alpha value is -2.27. The number of pyridine rings is 2. The Morgan fingerprint density at radius 1 is 0.588 bits per heavy atom. The number of phenolic OH excluding ortho intramolecular Hbond substituents is 2. The van der Waals surface area contributed by atoms with Crippen molar-refractivity contribution in [3.05, 3.63) is 84.2 Å². The second-order valence-corrected chi connectivity index (χ2v) is 7.27. The number of aromatic nitrogens is 2. The van der Waals surface area contributed by atoms with Gasteiger partial charge in [-0.15, -0.1) is 0 Å². The van der Waals surface area contributed by atoms with Gasteiger partial charge in [-0.3, -0.25) is 9.97 Å². The first-order valence-corrected chi connectivity index (χ1v) is 10.2. The molecule has 2 heterocycles. The molecule has 0 saturated carbocycles. The number of aryl methyl sites for hydroxylation is 2. The summed E-state index contributed by atoms with van der Waals surface area (Å²) in [6.07, 6.45) is 5.34. The van der Waals surface area contributed by atoms with E-state index < -0.39 is 0 Å². The van der Waals surface area contributed by atoms with Gasteiger partial charge in [0.05, 0.1) is 11.4 Å². The first-order valence-electron chi connectivity index (χ1n) is 10.2. The van der Waals surface area contributed by atoms with Crippen LogP contribution in [0.25, 0.3) is 33.6 Å². The van der Waals surface area contributed by atoms with Crippen molar-refractivity contribution >= 4 is 0 Å². The molecule has 4 rings (SSSR count). The molecule has 4 nitrogen and oxygen atoms in total. The summed E-state index contributed by atoms with van der Waals surface area (Å²) in [5, 5.41) is 20.4. The van der Waals surface area contributed by atoms with Crippen LogP contribution in [0, 0.1) is 0 Å². The summed E-state index contributed by atoms with van der Waals surface area (Å²) < 4.78 is 0. The van der Waals surface area contributed by atoms with E-state index in [1.807, 2.05) is 48.5 Å². The molecule has 178 valence electrons. The maximum absolute atomic E-state index is 10.2. The molecule has 0 aliphatic rings. The van der Waals surface area contributed by atoms with Gasteiger partial charge in [-0.25, -0.2) is 0 Å². The molecule has 2 aromatic heterocycles. The summed E-state index contributed by atoms with van der Waals surface area (Å²) in [5.74, 6) is 0.497. The molecule has 0 saturated heterocycles. The van der Waals surface area contributed by atoms with E-state index in [9.17, 15) is 10.2 Å². The molecule has 0 spiro atoms. The molecule has 2 aromatic carbocycles. The van der Waals surface area contributed by atoms with Gasteiger partial charge in [0.1, 0.15) is 11.5 Å². The predicted molar refractivity (Wildman–Crippen MR) is 120 cm³/mol. The maximum atomic E-state index is 10.2. The quantitative estimate of drug-likeness (QED) is 0.257. The molecule has 0 amide bonds. The molecule has 34 heavy (non-hydrogen) atoms. The maximum Gasteiger partial charge on any atom is 3.00 e. The molecule has 8 heteroatoms. The van der Waals surface area contributed by atoms with Gasteiger partial charge in [0, 0.05) is 34.6 Å². The summed E-state index contributed by atoms with van der Waals surface area (Å²) in [5.41, 5.74) is 7.13. The minimum atomic E-state index is 0. The molecule has 0 fully saturated rings. The molecule has 0 aliphatic heterocycles. The predicted octanol–water partition coefficient (Wildman–Crippen LogP) is -2.98. The molecule has 0 atom stereocenters. The monoisotopic (exact) mass is 556 g/mol. The van der Waals surface area contributed by atoms with Crippen LogP contribution in [0.3, 0.4) is 0 Å². The second-order valence-electron chi connectivity index (χ2n) is 7.27. The Morgan fingerprint density at radius 3 is 1.26 bits per heavy atom. The largest absolute Gasteiger partial charge is 3.00 e. The van der Waals surface area contributed by atoms with E-state index in [4.69, 9.17) is 0 Å². The van der Waals surface area contributed by atoms with Crippen LogP contribution in [0.2, 0.25) is 0 Å².